The molecule has 1 aliphatic carbocycles. The second-order valence-electron chi connectivity index (χ2n) is 2.17. The number of nitrogens with zero attached hydrogens (tertiary/aromatic N) is 1. The zero-order valence-corrected chi connectivity index (χ0v) is 4.81. The summed E-state index contributed by atoms with van der Waals surface area (Å²) >= 11 is 0. The minimum Gasteiger partial charge on any atom is -0.0867 e. The normalized spacial score (nSPS) is 36.3. The van der Waals surface area contributed by atoms with E-state index in [1.807, 2.05) is 0 Å². The van der Waals surface area contributed by atoms with Gasteiger partial charge in [0.25, 0.3) is 13.1 Å². The Morgan fingerprint density at radius 3 is 2.43 bits per heavy atom. The van der Waals surface area contributed by atoms with Crippen molar-refractivity contribution in [3.05, 3.63) is 4.85 Å². The second kappa shape index (κ2) is 1.54. The molecule has 1 rings (SSSR count). The van der Waals surface area contributed by atoms with Gasteiger partial charge in [-0.05, 0) is 12.3 Å². The first-order valence-electron chi connectivity index (χ1n) is 2.69. The fraction of sp³-hybridized carbons (Fsp3) is 0.833. The van der Waals surface area contributed by atoms with E-state index < -0.39 is 0 Å². The summed E-state index contributed by atoms with van der Waals surface area (Å²) in [7, 11) is 1.78. The Morgan fingerprint density at radius 2 is 2.29 bits per heavy atom. The fourth-order valence-electron chi connectivity index (χ4n) is 0.668. The van der Waals surface area contributed by atoms with Crippen LogP contribution in [0.5, 0.6) is 0 Å². The smallest absolute Gasteiger partial charge is 0.0867 e. The maximum absolute atomic E-state index is 3.80. The lowest BCUT2D eigenvalue weighted by Gasteiger charge is -1.61. The Hall–Kier alpha value is -0.510. The molecule has 1 nitrogen and oxygen atoms in total. The van der Waals surface area contributed by atoms with Crippen molar-refractivity contribution in [1.82, 2.24) is 0 Å². The molecule has 0 heterocycles. The highest BCUT2D eigenvalue weighted by Gasteiger charge is 2.35. The topological polar surface area (TPSA) is 4.36 Å². The molecule has 0 saturated heterocycles. The van der Waals surface area contributed by atoms with E-state index in [9.17, 15) is 0 Å². The van der Waals surface area contributed by atoms with E-state index in [1.165, 1.54) is 6.42 Å². The van der Waals surface area contributed by atoms with Crippen molar-refractivity contribution >= 4 is 0 Å². The highest BCUT2D eigenvalue weighted by atomic mass is 14.6. The molecular weight excluding hydrogens is 86.1 g/mol. The lowest BCUT2D eigenvalue weighted by Crippen LogP contribution is -1.65. The van der Waals surface area contributed by atoms with Crippen molar-refractivity contribution < 1.29 is 0 Å². The number of hydrogen-bond acceptors (Lipinski definition) is 0. The third-order valence-electron chi connectivity index (χ3n) is 1.40. The highest BCUT2D eigenvalue weighted by molar-refractivity contribution is 5.04. The van der Waals surface area contributed by atoms with E-state index in [4.69, 9.17) is 0 Å². The van der Waals surface area contributed by atoms with Gasteiger partial charge in [0.05, 0.1) is 5.92 Å². The first kappa shape index (κ1) is 4.64. The average molecular weight is 96.2 g/mol. The van der Waals surface area contributed by atoms with E-state index >= 15 is 0 Å². The van der Waals surface area contributed by atoms with Crippen LogP contribution in [0.1, 0.15) is 13.3 Å². The van der Waals surface area contributed by atoms with E-state index in [0.717, 1.165) is 5.92 Å². The van der Waals surface area contributed by atoms with Crippen LogP contribution in [0.2, 0.25) is 0 Å². The largest absolute Gasteiger partial charge is 0.276 e. The summed E-state index contributed by atoms with van der Waals surface area (Å²) < 4.78 is 0. The molecule has 1 aliphatic rings. The number of hydrogen-bond donors (Lipinski definition) is 0. The van der Waals surface area contributed by atoms with E-state index in [2.05, 4.69) is 17.8 Å². The molecule has 1 heteroatoms. The van der Waals surface area contributed by atoms with Gasteiger partial charge >= 0.3 is 0 Å². The molecule has 0 radical (unpaired) electrons. The lowest BCUT2D eigenvalue weighted by atomic mass is 10.4. The summed E-state index contributed by atoms with van der Waals surface area (Å²) in [5.41, 5.74) is 0. The van der Waals surface area contributed by atoms with Gasteiger partial charge in [-0.15, -0.1) is 0 Å². The van der Waals surface area contributed by atoms with Crippen molar-refractivity contribution in [1.29, 1.82) is 0 Å². The minimum absolute atomic E-state index is 0.699. The highest BCUT2D eigenvalue weighted by Crippen LogP contribution is 2.36. The molecule has 0 aromatic rings. The van der Waals surface area contributed by atoms with Crippen molar-refractivity contribution in [2.75, 3.05) is 7.05 Å². The summed E-state index contributed by atoms with van der Waals surface area (Å²) in [6.45, 7) is 2.23. The van der Waals surface area contributed by atoms with Crippen LogP contribution in [0.25, 0.3) is 4.85 Å². The van der Waals surface area contributed by atoms with Gasteiger partial charge in [-0.1, -0.05) is 11.8 Å². The van der Waals surface area contributed by atoms with E-state index in [-0.39, 0.29) is 0 Å². The van der Waals surface area contributed by atoms with Crippen molar-refractivity contribution in [2.45, 2.75) is 13.3 Å². The van der Waals surface area contributed by atoms with Gasteiger partial charge in [-0.2, -0.15) is 0 Å². The molecule has 2 unspecified atom stereocenters. The minimum atomic E-state index is 0.699. The van der Waals surface area contributed by atoms with Crippen LogP contribution >= 0.6 is 0 Å². The van der Waals surface area contributed by atoms with Crippen LogP contribution < -0.4 is 0 Å². The third kappa shape index (κ3) is 0.928. The number of rotatable bonds is 0. The monoisotopic (exact) mass is 96.1 g/mol. The van der Waals surface area contributed by atoms with Crippen LogP contribution in [-0.2, 0) is 0 Å². The van der Waals surface area contributed by atoms with Gasteiger partial charge in [0, 0.05) is 0 Å². The van der Waals surface area contributed by atoms with Crippen LogP contribution in [0.15, 0.2) is 0 Å². The molecule has 1 saturated carbocycles. The van der Waals surface area contributed by atoms with Crippen LogP contribution in [-0.4, -0.2) is 7.05 Å². The quantitative estimate of drug-likeness (QED) is 0.431. The Balaban J connectivity index is 2.29. The Kier molecular flexibility index (Phi) is 1.02. The summed E-state index contributed by atoms with van der Waals surface area (Å²) in [4.78, 5) is 3.80. The van der Waals surface area contributed by atoms with Gasteiger partial charge in [0.2, 0.25) is 0 Å². The first-order valence-corrected chi connectivity index (χ1v) is 2.69. The molecular formula is C6H10N+. The van der Waals surface area contributed by atoms with Crippen LogP contribution in [0.4, 0.5) is 0 Å². The van der Waals surface area contributed by atoms with Crippen LogP contribution in [0, 0.1) is 17.9 Å². The Labute approximate surface area is 44.2 Å². The zero-order chi connectivity index (χ0) is 5.28. The van der Waals surface area contributed by atoms with Crippen molar-refractivity contribution in [3.8, 4) is 6.07 Å². The van der Waals surface area contributed by atoms with Crippen molar-refractivity contribution in [3.63, 3.8) is 0 Å². The Morgan fingerprint density at radius 1 is 1.71 bits per heavy atom. The van der Waals surface area contributed by atoms with Gasteiger partial charge in [-0.25, -0.2) is 0 Å². The summed E-state index contributed by atoms with van der Waals surface area (Å²) in [5.74, 6) is 1.56. The van der Waals surface area contributed by atoms with Crippen molar-refractivity contribution in [2.24, 2.45) is 11.8 Å². The van der Waals surface area contributed by atoms with Crippen LogP contribution in [0.3, 0.4) is 0 Å². The maximum atomic E-state index is 3.80. The maximum Gasteiger partial charge on any atom is 0.276 e. The van der Waals surface area contributed by atoms with Gasteiger partial charge in [0.1, 0.15) is 0 Å². The van der Waals surface area contributed by atoms with E-state index in [1.54, 1.807) is 7.05 Å². The fourth-order valence-corrected chi connectivity index (χ4v) is 0.668. The molecule has 0 amide bonds. The SMILES string of the molecule is C[N+]#CC1CC1C. The molecule has 38 valence electrons. The Bertz CT molecular complexity index is 118. The predicted octanol–water partition coefficient (Wildman–Crippen LogP) is 1.61. The molecule has 0 bridgehead atoms. The van der Waals surface area contributed by atoms with E-state index in [0.29, 0.717) is 5.92 Å². The zero-order valence-electron chi connectivity index (χ0n) is 4.81. The standard InChI is InChI=1S/C6H10N/c1-5-3-6(5)4-7-2/h5-6H,3H2,1-2H3/q+1. The summed E-state index contributed by atoms with van der Waals surface area (Å²) in [6.07, 6.45) is 1.30. The molecule has 0 aromatic carbocycles. The van der Waals surface area contributed by atoms with Gasteiger partial charge in [0.15, 0.2) is 0 Å². The first-order chi connectivity index (χ1) is 3.34. The van der Waals surface area contributed by atoms with Gasteiger partial charge in [-0.3, -0.25) is 0 Å². The summed E-state index contributed by atoms with van der Waals surface area (Å²) in [6, 6.07) is 2.99. The average Bonchev–Trinajstić information content (AvgIpc) is 2.22. The summed E-state index contributed by atoms with van der Waals surface area (Å²) in [5, 5.41) is 0. The molecule has 2 atom stereocenters. The predicted molar refractivity (Wildman–Crippen MR) is 30.4 cm³/mol. The second-order valence-corrected chi connectivity index (χ2v) is 2.17. The molecule has 7 heavy (non-hydrogen) atoms. The lowest BCUT2D eigenvalue weighted by molar-refractivity contribution is 0.916. The molecule has 0 N–H and O–H groups in total. The molecule has 1 fully saturated rings. The molecule has 0 spiro atoms. The molecule has 0 aliphatic heterocycles. The van der Waals surface area contributed by atoms with Gasteiger partial charge < -0.3 is 0 Å². The third-order valence-corrected chi connectivity index (χ3v) is 1.40. The molecule has 0 aromatic heterocycles.